The number of aliphatic carboxylic acids is 1. The van der Waals surface area contributed by atoms with E-state index in [0.717, 1.165) is 17.8 Å². The van der Waals surface area contributed by atoms with E-state index in [1.54, 1.807) is 0 Å². The summed E-state index contributed by atoms with van der Waals surface area (Å²) in [5, 5.41) is 8.99. The number of hydrogen-bond donors (Lipinski definition) is 1. The molecule has 0 bridgehead atoms. The number of aromatic nitrogens is 1. The second-order valence-electron chi connectivity index (χ2n) is 4.32. The molecule has 0 aliphatic carbocycles. The van der Waals surface area contributed by atoms with Crippen molar-refractivity contribution in [1.82, 2.24) is 4.98 Å². The first-order valence-electron chi connectivity index (χ1n) is 5.36. The first-order valence-corrected chi connectivity index (χ1v) is 5.36. The van der Waals surface area contributed by atoms with Crippen LogP contribution < -0.4 is 0 Å². The third kappa shape index (κ3) is 2.07. The van der Waals surface area contributed by atoms with Gasteiger partial charge in [-0.2, -0.15) is 0 Å². The third-order valence-electron chi connectivity index (χ3n) is 3.02. The van der Waals surface area contributed by atoms with Crippen molar-refractivity contribution >= 4 is 5.97 Å². The monoisotopic (exact) mass is 221 g/mol. The number of aryl methyl sites for hydroxylation is 1. The van der Waals surface area contributed by atoms with Crippen molar-refractivity contribution in [3.05, 3.63) is 29.6 Å². The zero-order chi connectivity index (χ0) is 11.6. The third-order valence-corrected chi connectivity index (χ3v) is 3.02. The lowest BCUT2D eigenvalue weighted by molar-refractivity contribution is -0.138. The summed E-state index contributed by atoms with van der Waals surface area (Å²) in [6, 6.07) is 5.72. The van der Waals surface area contributed by atoms with Gasteiger partial charge in [-0.3, -0.25) is 9.78 Å². The van der Waals surface area contributed by atoms with Gasteiger partial charge in [-0.25, -0.2) is 0 Å². The van der Waals surface area contributed by atoms with Gasteiger partial charge in [0.1, 0.15) is 0 Å². The van der Waals surface area contributed by atoms with Gasteiger partial charge in [-0.05, 0) is 25.5 Å². The summed E-state index contributed by atoms with van der Waals surface area (Å²) in [4.78, 5) is 15.4. The lowest BCUT2D eigenvalue weighted by Gasteiger charge is -2.24. The summed E-state index contributed by atoms with van der Waals surface area (Å²) in [7, 11) is 0. The molecule has 1 N–H and O–H groups in total. The standard InChI is InChI=1S/C12H15NO3/c1-9-3-2-4-10(13-9)12(7-11(14)15)5-6-16-8-12/h2-4H,5-8H2,1H3,(H,14,15). The van der Waals surface area contributed by atoms with Crippen LogP contribution in [0.2, 0.25) is 0 Å². The van der Waals surface area contributed by atoms with Crippen LogP contribution in [0, 0.1) is 6.92 Å². The van der Waals surface area contributed by atoms with Gasteiger partial charge in [0.25, 0.3) is 0 Å². The Kier molecular flexibility index (Phi) is 2.92. The van der Waals surface area contributed by atoms with E-state index in [2.05, 4.69) is 4.98 Å². The molecule has 1 aromatic rings. The van der Waals surface area contributed by atoms with E-state index >= 15 is 0 Å². The van der Waals surface area contributed by atoms with Crippen molar-refractivity contribution in [3.63, 3.8) is 0 Å². The molecule has 0 saturated carbocycles. The van der Waals surface area contributed by atoms with Crippen LogP contribution in [0.5, 0.6) is 0 Å². The number of hydrogen-bond acceptors (Lipinski definition) is 3. The molecule has 1 fully saturated rings. The number of nitrogens with zero attached hydrogens (tertiary/aromatic N) is 1. The Balaban J connectivity index is 2.35. The zero-order valence-electron chi connectivity index (χ0n) is 9.27. The summed E-state index contributed by atoms with van der Waals surface area (Å²) in [6.45, 7) is 2.98. The van der Waals surface area contributed by atoms with Gasteiger partial charge in [-0.1, -0.05) is 6.07 Å². The molecule has 0 aromatic carbocycles. The molecule has 4 nitrogen and oxygen atoms in total. The first kappa shape index (κ1) is 11.1. The predicted octanol–water partition coefficient (Wildman–Crippen LogP) is 1.52. The smallest absolute Gasteiger partial charge is 0.304 e. The molecular weight excluding hydrogens is 206 g/mol. The van der Waals surface area contributed by atoms with Gasteiger partial charge < -0.3 is 9.84 Å². The van der Waals surface area contributed by atoms with Crippen LogP contribution in [0.4, 0.5) is 0 Å². The number of carboxylic acids is 1. The van der Waals surface area contributed by atoms with E-state index in [1.165, 1.54) is 0 Å². The molecule has 2 rings (SSSR count). The van der Waals surface area contributed by atoms with E-state index in [4.69, 9.17) is 9.84 Å². The van der Waals surface area contributed by atoms with Crippen LogP contribution in [0.1, 0.15) is 24.2 Å². The summed E-state index contributed by atoms with van der Waals surface area (Å²) in [6.07, 6.45) is 0.819. The van der Waals surface area contributed by atoms with E-state index in [9.17, 15) is 4.79 Å². The maximum Gasteiger partial charge on any atom is 0.304 e. The molecule has 4 heteroatoms. The molecule has 1 atom stereocenters. The molecular formula is C12H15NO3. The number of pyridine rings is 1. The second-order valence-corrected chi connectivity index (χ2v) is 4.32. The number of carboxylic acid groups (broad SMARTS) is 1. The average molecular weight is 221 g/mol. The van der Waals surface area contributed by atoms with Gasteiger partial charge in [0, 0.05) is 23.4 Å². The summed E-state index contributed by atoms with van der Waals surface area (Å²) < 4.78 is 5.35. The van der Waals surface area contributed by atoms with Crippen LogP contribution in [0.15, 0.2) is 18.2 Å². The fraction of sp³-hybridized carbons (Fsp3) is 0.500. The number of rotatable bonds is 3. The molecule has 0 spiro atoms. The summed E-state index contributed by atoms with van der Waals surface area (Å²) >= 11 is 0. The highest BCUT2D eigenvalue weighted by Gasteiger charge is 2.40. The minimum absolute atomic E-state index is 0.0868. The molecule has 86 valence electrons. The predicted molar refractivity (Wildman–Crippen MR) is 58.3 cm³/mol. The molecule has 1 saturated heterocycles. The Labute approximate surface area is 94.3 Å². The van der Waals surface area contributed by atoms with Crippen molar-refractivity contribution in [3.8, 4) is 0 Å². The van der Waals surface area contributed by atoms with Crippen molar-refractivity contribution in [1.29, 1.82) is 0 Å². The van der Waals surface area contributed by atoms with Crippen molar-refractivity contribution in [2.24, 2.45) is 0 Å². The maximum absolute atomic E-state index is 10.9. The quantitative estimate of drug-likeness (QED) is 0.840. The molecule has 1 aromatic heterocycles. The number of carbonyl (C=O) groups is 1. The van der Waals surface area contributed by atoms with Gasteiger partial charge in [0.05, 0.1) is 13.0 Å². The Morgan fingerprint density at radius 3 is 3.00 bits per heavy atom. The normalized spacial score (nSPS) is 24.6. The minimum Gasteiger partial charge on any atom is -0.481 e. The number of ether oxygens (including phenoxy) is 1. The molecule has 0 radical (unpaired) electrons. The Bertz CT molecular complexity index is 397. The van der Waals surface area contributed by atoms with Crippen LogP contribution in [-0.4, -0.2) is 29.3 Å². The first-order chi connectivity index (χ1) is 7.62. The van der Waals surface area contributed by atoms with Gasteiger partial charge in [0.15, 0.2) is 0 Å². The lowest BCUT2D eigenvalue weighted by atomic mass is 9.80. The van der Waals surface area contributed by atoms with E-state index in [-0.39, 0.29) is 6.42 Å². The highest BCUT2D eigenvalue weighted by molar-refractivity contribution is 5.69. The summed E-state index contributed by atoms with van der Waals surface area (Å²) in [5.41, 5.74) is 1.32. The Hall–Kier alpha value is -1.42. The van der Waals surface area contributed by atoms with Crippen molar-refractivity contribution in [2.75, 3.05) is 13.2 Å². The lowest BCUT2D eigenvalue weighted by Crippen LogP contribution is -2.31. The topological polar surface area (TPSA) is 59.4 Å². The maximum atomic E-state index is 10.9. The Morgan fingerprint density at radius 1 is 1.62 bits per heavy atom. The highest BCUT2D eigenvalue weighted by Crippen LogP contribution is 2.35. The van der Waals surface area contributed by atoms with Gasteiger partial charge in [0.2, 0.25) is 0 Å². The fourth-order valence-corrected chi connectivity index (χ4v) is 2.17. The SMILES string of the molecule is Cc1cccc(C2(CC(=O)O)CCOC2)n1. The van der Waals surface area contributed by atoms with Gasteiger partial charge in [-0.15, -0.1) is 0 Å². The molecule has 0 amide bonds. The summed E-state index contributed by atoms with van der Waals surface area (Å²) in [5.74, 6) is -0.797. The molecule has 1 unspecified atom stereocenters. The van der Waals surface area contributed by atoms with Crippen LogP contribution in [0.25, 0.3) is 0 Å². The second kappa shape index (κ2) is 4.22. The molecule has 1 aliphatic heterocycles. The van der Waals surface area contributed by atoms with Crippen LogP contribution in [-0.2, 0) is 14.9 Å². The molecule has 2 heterocycles. The van der Waals surface area contributed by atoms with E-state index in [1.807, 2.05) is 25.1 Å². The van der Waals surface area contributed by atoms with E-state index < -0.39 is 11.4 Å². The van der Waals surface area contributed by atoms with Crippen molar-refractivity contribution in [2.45, 2.75) is 25.2 Å². The zero-order valence-corrected chi connectivity index (χ0v) is 9.27. The average Bonchev–Trinajstić information content (AvgIpc) is 2.66. The molecule has 1 aliphatic rings. The van der Waals surface area contributed by atoms with E-state index in [0.29, 0.717) is 13.2 Å². The van der Waals surface area contributed by atoms with Gasteiger partial charge >= 0.3 is 5.97 Å². The molecule has 16 heavy (non-hydrogen) atoms. The Morgan fingerprint density at radius 2 is 2.44 bits per heavy atom. The van der Waals surface area contributed by atoms with Crippen LogP contribution >= 0.6 is 0 Å². The van der Waals surface area contributed by atoms with Crippen molar-refractivity contribution < 1.29 is 14.6 Å². The minimum atomic E-state index is -0.797. The fourth-order valence-electron chi connectivity index (χ4n) is 2.17. The highest BCUT2D eigenvalue weighted by atomic mass is 16.5. The largest absolute Gasteiger partial charge is 0.481 e. The van der Waals surface area contributed by atoms with Crippen LogP contribution in [0.3, 0.4) is 0 Å².